The Hall–Kier alpha value is -0.800. The van der Waals surface area contributed by atoms with Gasteiger partial charge in [0.25, 0.3) is 0 Å². The Kier molecular flexibility index (Phi) is 8.05. The van der Waals surface area contributed by atoms with Crippen LogP contribution in [0.15, 0.2) is 5.16 Å². The highest BCUT2D eigenvalue weighted by Crippen LogP contribution is 2.28. The van der Waals surface area contributed by atoms with E-state index in [-0.39, 0.29) is 6.10 Å². The van der Waals surface area contributed by atoms with Crippen LogP contribution in [0.2, 0.25) is 0 Å². The topological polar surface area (TPSA) is 75.0 Å². The van der Waals surface area contributed by atoms with Crippen LogP contribution in [0.5, 0.6) is 0 Å². The first-order valence-electron chi connectivity index (χ1n) is 4.67. The molecule has 0 bridgehead atoms. The van der Waals surface area contributed by atoms with Gasteiger partial charge in [-0.3, -0.25) is 0 Å². The van der Waals surface area contributed by atoms with E-state index in [1.54, 1.807) is 6.01 Å². The van der Waals surface area contributed by atoms with E-state index in [2.05, 4.69) is 9.78 Å². The maximum atomic E-state index is 11.1. The molecule has 0 radical (unpaired) electrons. The van der Waals surface area contributed by atoms with Crippen molar-refractivity contribution in [3.63, 3.8) is 0 Å². The van der Waals surface area contributed by atoms with Crippen LogP contribution in [0, 0.1) is 5.41 Å². The molecule has 0 aromatic rings. The predicted molar refractivity (Wildman–Crippen MR) is 57.2 cm³/mol. The molecule has 2 atom stereocenters. The largest absolute Gasteiger partial charge is 0.773 e. The number of rotatable bonds is 8. The minimum atomic E-state index is -2.28. The van der Waals surface area contributed by atoms with Crippen LogP contribution in [0.25, 0.3) is 0 Å². The molecule has 0 aliphatic carbocycles. The number of nitrogens with one attached hydrogen (secondary N) is 1. The van der Waals surface area contributed by atoms with E-state index in [0.717, 1.165) is 19.4 Å². The molecule has 0 aromatic carbocycles. The molecular weight excluding hydrogens is 217 g/mol. The van der Waals surface area contributed by atoms with E-state index in [9.17, 15) is 4.57 Å². The maximum absolute atomic E-state index is 11.1. The van der Waals surface area contributed by atoms with Crippen LogP contribution < -0.4 is 0 Å². The molecule has 0 aromatic heterocycles. The van der Waals surface area contributed by atoms with Gasteiger partial charge in [0.15, 0.2) is 0 Å². The molecule has 0 fully saturated rings. The minimum Gasteiger partial charge on any atom is -0.309 e. The maximum Gasteiger partial charge on any atom is 0.773 e. The third-order valence-corrected chi connectivity index (χ3v) is 2.43. The second-order valence-electron chi connectivity index (χ2n) is 3.24. The average Bonchev–Trinajstić information content (AvgIpc) is 2.20. The first kappa shape index (κ1) is 14.2. The van der Waals surface area contributed by atoms with Crippen molar-refractivity contribution < 1.29 is 13.7 Å². The molecule has 86 valence electrons. The summed E-state index contributed by atoms with van der Waals surface area (Å²) in [6, 6.07) is 1.62. The van der Waals surface area contributed by atoms with Crippen molar-refractivity contribution in [2.75, 3.05) is 20.6 Å². The van der Waals surface area contributed by atoms with Crippen molar-refractivity contribution in [1.82, 2.24) is 4.90 Å². The molecule has 0 saturated carbocycles. The summed E-state index contributed by atoms with van der Waals surface area (Å²) in [7, 11) is 1.64. The zero-order valence-corrected chi connectivity index (χ0v) is 10.2. The van der Waals surface area contributed by atoms with Gasteiger partial charge in [0, 0.05) is 16.3 Å². The molecule has 6 nitrogen and oxygen atoms in total. The summed E-state index contributed by atoms with van der Waals surface area (Å²) in [5.41, 5.74) is 0. The third-order valence-electron chi connectivity index (χ3n) is 1.74. The zero-order valence-electron chi connectivity index (χ0n) is 9.27. The van der Waals surface area contributed by atoms with Gasteiger partial charge in [-0.1, -0.05) is 11.5 Å². The average molecular weight is 234 g/mol. The normalized spacial score (nSPS) is 13.2. The molecule has 2 unspecified atom stereocenters. The third kappa shape index (κ3) is 8.21. The van der Waals surface area contributed by atoms with Gasteiger partial charge in [-0.2, -0.15) is 0 Å². The summed E-state index contributed by atoms with van der Waals surface area (Å²) in [5, 5.41) is 9.38. The van der Waals surface area contributed by atoms with Gasteiger partial charge < -0.3 is 4.90 Å². The van der Waals surface area contributed by atoms with Crippen molar-refractivity contribution >= 4 is 14.3 Å². The summed E-state index contributed by atoms with van der Waals surface area (Å²) in [4.78, 5) is 2.02. The van der Waals surface area contributed by atoms with E-state index in [0.29, 0.717) is 0 Å². The van der Waals surface area contributed by atoms with E-state index in [1.165, 1.54) is 0 Å². The Labute approximate surface area is 90.7 Å². The van der Waals surface area contributed by atoms with Gasteiger partial charge in [-0.05, 0) is 26.9 Å². The summed E-state index contributed by atoms with van der Waals surface area (Å²) in [6.07, 6.45) is 1.42. The Balaban J connectivity index is 3.87. The SMILES string of the molecule is CCC(CCN(C)C)O[P+](=O)ON=C=N. The van der Waals surface area contributed by atoms with E-state index in [4.69, 9.17) is 9.93 Å². The van der Waals surface area contributed by atoms with Crippen LogP contribution in [0.3, 0.4) is 0 Å². The lowest BCUT2D eigenvalue weighted by molar-refractivity contribution is 0.146. The van der Waals surface area contributed by atoms with Crippen molar-refractivity contribution in [3.05, 3.63) is 0 Å². The van der Waals surface area contributed by atoms with Crippen LogP contribution >= 0.6 is 8.25 Å². The van der Waals surface area contributed by atoms with E-state index < -0.39 is 8.25 Å². The summed E-state index contributed by atoms with van der Waals surface area (Å²) in [5.74, 6) is 0. The van der Waals surface area contributed by atoms with Crippen LogP contribution in [0.4, 0.5) is 0 Å². The lowest BCUT2D eigenvalue weighted by Crippen LogP contribution is -2.19. The molecule has 0 rings (SSSR count). The predicted octanol–water partition coefficient (Wildman–Crippen LogP) is 2.07. The Morgan fingerprint density at radius 2 is 2.27 bits per heavy atom. The fourth-order valence-electron chi connectivity index (χ4n) is 0.928. The van der Waals surface area contributed by atoms with Gasteiger partial charge >= 0.3 is 8.25 Å². The standard InChI is InChI=1S/C8H17N3O3P/c1-4-8(5-6-11(2)3)13-15(12)14-10-7-9/h8-9H,4-6H2,1-3H3/q+1. The van der Waals surface area contributed by atoms with Gasteiger partial charge in [-0.15, -0.1) is 4.52 Å². The van der Waals surface area contributed by atoms with E-state index >= 15 is 0 Å². The molecule has 0 spiro atoms. The molecule has 0 heterocycles. The van der Waals surface area contributed by atoms with E-state index in [1.807, 2.05) is 25.9 Å². The molecule has 15 heavy (non-hydrogen) atoms. The lowest BCUT2D eigenvalue weighted by atomic mass is 10.2. The smallest absolute Gasteiger partial charge is 0.309 e. The number of nitrogens with zero attached hydrogens (tertiary/aromatic N) is 2. The zero-order chi connectivity index (χ0) is 11.7. The fourth-order valence-corrected chi connectivity index (χ4v) is 1.57. The molecule has 7 heteroatoms. The van der Waals surface area contributed by atoms with Crippen LogP contribution in [0.1, 0.15) is 19.8 Å². The molecule has 0 saturated heterocycles. The monoisotopic (exact) mass is 234 g/mol. The highest BCUT2D eigenvalue weighted by atomic mass is 31.1. The quantitative estimate of drug-likeness (QED) is 0.396. The Morgan fingerprint density at radius 1 is 1.60 bits per heavy atom. The lowest BCUT2D eigenvalue weighted by Gasteiger charge is -2.12. The molecule has 0 amide bonds. The van der Waals surface area contributed by atoms with Gasteiger partial charge in [0.2, 0.25) is 0 Å². The number of hydrogen-bond donors (Lipinski definition) is 1. The van der Waals surface area contributed by atoms with Gasteiger partial charge in [0.1, 0.15) is 12.1 Å². The molecule has 1 N–H and O–H groups in total. The molecule has 0 aliphatic rings. The number of hydrogen-bond acceptors (Lipinski definition) is 6. The van der Waals surface area contributed by atoms with Crippen LogP contribution in [-0.4, -0.2) is 37.7 Å². The fraction of sp³-hybridized carbons (Fsp3) is 0.875. The van der Waals surface area contributed by atoms with Gasteiger partial charge in [-0.25, -0.2) is 5.41 Å². The molecule has 0 aliphatic heterocycles. The van der Waals surface area contributed by atoms with Gasteiger partial charge in [0.05, 0.1) is 0 Å². The highest BCUT2D eigenvalue weighted by molar-refractivity contribution is 7.33. The van der Waals surface area contributed by atoms with Crippen molar-refractivity contribution in [2.45, 2.75) is 25.9 Å². The van der Waals surface area contributed by atoms with Crippen LogP contribution in [-0.2, 0) is 13.7 Å². The summed E-state index contributed by atoms with van der Waals surface area (Å²) in [6.45, 7) is 2.80. The summed E-state index contributed by atoms with van der Waals surface area (Å²) < 4.78 is 20.5. The van der Waals surface area contributed by atoms with Crippen molar-refractivity contribution in [1.29, 1.82) is 5.41 Å². The van der Waals surface area contributed by atoms with Crippen molar-refractivity contribution in [3.8, 4) is 0 Å². The second kappa shape index (κ2) is 8.50. The Bertz CT molecular complexity index is 241. The Morgan fingerprint density at radius 3 is 2.73 bits per heavy atom. The minimum absolute atomic E-state index is 0.114. The molecular formula is C8H17N3O3P+. The summed E-state index contributed by atoms with van der Waals surface area (Å²) >= 11 is 0. The highest BCUT2D eigenvalue weighted by Gasteiger charge is 2.27. The second-order valence-corrected chi connectivity index (χ2v) is 4.06. The van der Waals surface area contributed by atoms with Crippen molar-refractivity contribution in [2.24, 2.45) is 5.16 Å². The first-order valence-corrected chi connectivity index (χ1v) is 5.77. The first-order chi connectivity index (χ1) is 7.10.